The molecule has 3 aromatic rings. The topological polar surface area (TPSA) is 84.0 Å². The Morgan fingerprint density at radius 3 is 2.48 bits per heavy atom. The highest BCUT2D eigenvalue weighted by molar-refractivity contribution is 7.15. The Kier molecular flexibility index (Phi) is 5.93. The average molecular weight is 380 g/mol. The zero-order valence-electron chi connectivity index (χ0n) is 15.1. The van der Waals surface area contributed by atoms with Gasteiger partial charge in [-0.15, -0.1) is 11.3 Å². The number of hydrogen-bond acceptors (Lipinski definition) is 5. The predicted octanol–water partition coefficient (Wildman–Crippen LogP) is 4.10. The largest absolute Gasteiger partial charge is 0.322 e. The van der Waals surface area contributed by atoms with Crippen molar-refractivity contribution in [2.24, 2.45) is 0 Å². The van der Waals surface area contributed by atoms with Crippen LogP contribution in [0.5, 0.6) is 0 Å². The number of nitrogens with zero attached hydrogens (tertiary/aromatic N) is 2. The maximum atomic E-state index is 12.2. The van der Waals surface area contributed by atoms with Gasteiger partial charge < -0.3 is 10.6 Å². The molecule has 0 aliphatic carbocycles. The van der Waals surface area contributed by atoms with Gasteiger partial charge in [0.1, 0.15) is 0 Å². The van der Waals surface area contributed by atoms with E-state index in [4.69, 9.17) is 0 Å². The number of hydrogen-bond donors (Lipinski definition) is 2. The quantitative estimate of drug-likeness (QED) is 0.674. The third-order valence-corrected chi connectivity index (χ3v) is 5.05. The third-order valence-electron chi connectivity index (χ3n) is 3.84. The van der Waals surface area contributed by atoms with Crippen LogP contribution < -0.4 is 10.6 Å². The molecule has 0 saturated carbocycles. The van der Waals surface area contributed by atoms with Gasteiger partial charge in [0.15, 0.2) is 5.13 Å². The molecule has 0 fully saturated rings. The summed E-state index contributed by atoms with van der Waals surface area (Å²) >= 11 is 1.49. The molecule has 6 nitrogen and oxygen atoms in total. The molecule has 7 heteroatoms. The van der Waals surface area contributed by atoms with E-state index in [1.807, 2.05) is 12.1 Å². The lowest BCUT2D eigenvalue weighted by atomic mass is 10.1. The van der Waals surface area contributed by atoms with Crippen molar-refractivity contribution in [2.75, 3.05) is 10.6 Å². The maximum Gasteiger partial charge on any atom is 0.257 e. The van der Waals surface area contributed by atoms with Crippen LogP contribution in [0.3, 0.4) is 0 Å². The van der Waals surface area contributed by atoms with Gasteiger partial charge in [-0.2, -0.15) is 0 Å². The lowest BCUT2D eigenvalue weighted by molar-refractivity contribution is -0.115. The second-order valence-electron chi connectivity index (χ2n) is 6.34. The number of benzene rings is 1. The lowest BCUT2D eigenvalue weighted by Crippen LogP contribution is -2.14. The van der Waals surface area contributed by atoms with Gasteiger partial charge in [-0.3, -0.25) is 14.6 Å². The van der Waals surface area contributed by atoms with Crippen molar-refractivity contribution >= 4 is 34.0 Å². The van der Waals surface area contributed by atoms with Crippen molar-refractivity contribution in [3.63, 3.8) is 0 Å². The normalized spacial score (nSPS) is 10.6. The number of carbonyl (C=O) groups is 2. The van der Waals surface area contributed by atoms with Crippen molar-refractivity contribution in [3.05, 3.63) is 71.0 Å². The van der Waals surface area contributed by atoms with Gasteiger partial charge in [-0.05, 0) is 35.7 Å². The molecule has 2 amide bonds. The summed E-state index contributed by atoms with van der Waals surface area (Å²) in [6.45, 7) is 4.18. The first-order chi connectivity index (χ1) is 13.0. The van der Waals surface area contributed by atoms with E-state index in [1.54, 1.807) is 36.7 Å². The summed E-state index contributed by atoms with van der Waals surface area (Å²) < 4.78 is 0. The van der Waals surface area contributed by atoms with Crippen LogP contribution in [0.25, 0.3) is 0 Å². The second-order valence-corrected chi connectivity index (χ2v) is 7.40. The average Bonchev–Trinajstić information content (AvgIpc) is 3.12. The van der Waals surface area contributed by atoms with Crippen molar-refractivity contribution in [1.29, 1.82) is 0 Å². The minimum atomic E-state index is -0.224. The first kappa shape index (κ1) is 18.7. The van der Waals surface area contributed by atoms with E-state index in [2.05, 4.69) is 34.4 Å². The predicted molar refractivity (Wildman–Crippen MR) is 107 cm³/mol. The molecule has 0 radical (unpaired) electrons. The van der Waals surface area contributed by atoms with Gasteiger partial charge >= 0.3 is 0 Å². The zero-order valence-corrected chi connectivity index (χ0v) is 15.9. The molecule has 2 aromatic heterocycles. The molecule has 2 heterocycles. The number of carbonyl (C=O) groups excluding carboxylic acids is 2. The molecular weight excluding hydrogens is 360 g/mol. The van der Waals surface area contributed by atoms with E-state index >= 15 is 0 Å². The van der Waals surface area contributed by atoms with Crippen LogP contribution in [-0.2, 0) is 11.2 Å². The van der Waals surface area contributed by atoms with Crippen LogP contribution >= 0.6 is 11.3 Å². The molecule has 0 saturated heterocycles. The minimum Gasteiger partial charge on any atom is -0.322 e. The smallest absolute Gasteiger partial charge is 0.257 e. The van der Waals surface area contributed by atoms with Crippen molar-refractivity contribution < 1.29 is 9.59 Å². The molecule has 2 N–H and O–H groups in total. The molecule has 0 atom stereocenters. The van der Waals surface area contributed by atoms with E-state index in [0.29, 0.717) is 22.3 Å². The molecule has 0 unspecified atom stereocenters. The van der Waals surface area contributed by atoms with Gasteiger partial charge in [0, 0.05) is 29.2 Å². The van der Waals surface area contributed by atoms with E-state index in [-0.39, 0.29) is 18.2 Å². The summed E-state index contributed by atoms with van der Waals surface area (Å²) in [7, 11) is 0. The molecule has 0 aliphatic heterocycles. The fourth-order valence-corrected chi connectivity index (χ4v) is 3.20. The van der Waals surface area contributed by atoms with Gasteiger partial charge in [-0.25, -0.2) is 4.98 Å². The molecule has 138 valence electrons. The Morgan fingerprint density at radius 1 is 1.07 bits per heavy atom. The fraction of sp³-hybridized carbons (Fsp3) is 0.200. The van der Waals surface area contributed by atoms with Crippen molar-refractivity contribution in [2.45, 2.75) is 26.2 Å². The Bertz CT molecular complexity index is 921. The second kappa shape index (κ2) is 8.55. The first-order valence-corrected chi connectivity index (χ1v) is 9.39. The highest BCUT2D eigenvalue weighted by atomic mass is 32.1. The third kappa shape index (κ3) is 5.21. The summed E-state index contributed by atoms with van der Waals surface area (Å²) in [5.41, 5.74) is 2.01. The molecule has 27 heavy (non-hydrogen) atoms. The van der Waals surface area contributed by atoms with Crippen LogP contribution in [0.4, 0.5) is 10.8 Å². The van der Waals surface area contributed by atoms with Gasteiger partial charge in [0.25, 0.3) is 5.91 Å². The van der Waals surface area contributed by atoms with Crippen LogP contribution in [0.15, 0.2) is 55.0 Å². The summed E-state index contributed by atoms with van der Waals surface area (Å²) in [5.74, 6) is 0.0488. The summed E-state index contributed by atoms with van der Waals surface area (Å²) in [5, 5.41) is 6.24. The van der Waals surface area contributed by atoms with Gasteiger partial charge in [0.05, 0.1) is 12.0 Å². The number of pyridine rings is 1. The zero-order chi connectivity index (χ0) is 19.2. The molecule has 0 aliphatic rings. The Hall–Kier alpha value is -3.06. The van der Waals surface area contributed by atoms with E-state index < -0.39 is 0 Å². The number of rotatable bonds is 6. The van der Waals surface area contributed by atoms with Gasteiger partial charge in [-0.1, -0.05) is 26.0 Å². The summed E-state index contributed by atoms with van der Waals surface area (Å²) in [6, 6.07) is 10.6. The number of aromatic nitrogens is 2. The number of amides is 2. The monoisotopic (exact) mass is 380 g/mol. The van der Waals surface area contributed by atoms with Crippen molar-refractivity contribution in [1.82, 2.24) is 9.97 Å². The molecule has 0 bridgehead atoms. The van der Waals surface area contributed by atoms with Crippen LogP contribution in [0.1, 0.15) is 40.6 Å². The fourth-order valence-electron chi connectivity index (χ4n) is 2.37. The van der Waals surface area contributed by atoms with E-state index in [1.165, 1.54) is 17.5 Å². The molecular formula is C20H20N4O2S. The van der Waals surface area contributed by atoms with Crippen LogP contribution in [0, 0.1) is 0 Å². The van der Waals surface area contributed by atoms with Gasteiger partial charge in [0.2, 0.25) is 5.91 Å². The maximum absolute atomic E-state index is 12.2. The number of thiazole rings is 1. The minimum absolute atomic E-state index is 0.119. The highest BCUT2D eigenvalue weighted by Crippen LogP contribution is 2.25. The number of anilines is 2. The highest BCUT2D eigenvalue weighted by Gasteiger charge is 2.10. The Balaban J connectivity index is 1.55. The molecule has 0 spiro atoms. The van der Waals surface area contributed by atoms with Crippen LogP contribution in [0.2, 0.25) is 0 Å². The lowest BCUT2D eigenvalue weighted by Gasteiger charge is -2.06. The molecule has 1 aromatic carbocycles. The van der Waals surface area contributed by atoms with Crippen LogP contribution in [-0.4, -0.2) is 21.8 Å². The summed E-state index contributed by atoms with van der Waals surface area (Å²) in [4.78, 5) is 33.6. The standard InChI is InChI=1S/C20H20N4O2S/c1-13(2)17-12-22-20(27-17)24-18(25)10-14-5-7-16(8-6-14)23-19(26)15-4-3-9-21-11-15/h3-9,11-13H,10H2,1-2H3,(H,23,26)(H,22,24,25). The van der Waals surface area contributed by atoms with E-state index in [9.17, 15) is 9.59 Å². The SMILES string of the molecule is CC(C)c1cnc(NC(=O)Cc2ccc(NC(=O)c3cccnc3)cc2)s1. The first-order valence-electron chi connectivity index (χ1n) is 8.57. The summed E-state index contributed by atoms with van der Waals surface area (Å²) in [6.07, 6.45) is 5.17. The number of nitrogens with one attached hydrogen (secondary N) is 2. The Labute approximate surface area is 161 Å². The Morgan fingerprint density at radius 2 is 1.85 bits per heavy atom. The molecule has 3 rings (SSSR count). The van der Waals surface area contributed by atoms with E-state index in [0.717, 1.165) is 10.4 Å². The van der Waals surface area contributed by atoms with Crippen molar-refractivity contribution in [3.8, 4) is 0 Å².